The zero-order valence-electron chi connectivity index (χ0n) is 13.4. The van der Waals surface area contributed by atoms with E-state index in [2.05, 4.69) is 57.0 Å². The molecule has 1 fully saturated rings. The van der Waals surface area contributed by atoms with Crippen molar-refractivity contribution in [2.75, 3.05) is 13.6 Å². The summed E-state index contributed by atoms with van der Waals surface area (Å²) in [7, 11) is 2.16. The molecule has 1 aromatic carbocycles. The van der Waals surface area contributed by atoms with E-state index in [1.54, 1.807) is 0 Å². The summed E-state index contributed by atoms with van der Waals surface area (Å²) in [6.45, 7) is 8.48. The lowest BCUT2D eigenvalue weighted by molar-refractivity contribution is -0.0414. The van der Waals surface area contributed by atoms with E-state index in [0.29, 0.717) is 5.92 Å². The van der Waals surface area contributed by atoms with Crippen molar-refractivity contribution in [3.63, 3.8) is 0 Å². The molecular weight excluding hydrogens is 246 g/mol. The standard InChI is InChI=1S/C18H29NO/c1-14-7-5-8-15(11-14)12-19(4)13-16-9-6-10-18(2,3)17(16)20/h5,7-8,11,16-17,20H,6,9-10,12-13H2,1-4H3. The van der Waals surface area contributed by atoms with Gasteiger partial charge < -0.3 is 10.0 Å². The van der Waals surface area contributed by atoms with E-state index in [9.17, 15) is 5.11 Å². The molecule has 2 nitrogen and oxygen atoms in total. The first kappa shape index (κ1) is 15.5. The second-order valence-corrected chi connectivity index (χ2v) is 7.27. The van der Waals surface area contributed by atoms with Crippen molar-refractivity contribution in [2.24, 2.45) is 11.3 Å². The molecule has 20 heavy (non-hydrogen) atoms. The number of hydrogen-bond donors (Lipinski definition) is 1. The van der Waals surface area contributed by atoms with Crippen molar-refractivity contribution in [3.8, 4) is 0 Å². The van der Waals surface area contributed by atoms with Crippen LogP contribution in [0.15, 0.2) is 24.3 Å². The minimum absolute atomic E-state index is 0.0765. The highest BCUT2D eigenvalue weighted by Gasteiger charge is 2.37. The fourth-order valence-electron chi connectivity index (χ4n) is 3.54. The number of aryl methyl sites for hydroxylation is 1. The van der Waals surface area contributed by atoms with Crippen molar-refractivity contribution < 1.29 is 5.11 Å². The van der Waals surface area contributed by atoms with Crippen LogP contribution in [0.2, 0.25) is 0 Å². The van der Waals surface area contributed by atoms with Gasteiger partial charge in [-0.1, -0.05) is 50.1 Å². The molecule has 0 spiro atoms. The van der Waals surface area contributed by atoms with E-state index < -0.39 is 0 Å². The Bertz CT molecular complexity index is 441. The maximum Gasteiger partial charge on any atom is 0.0631 e. The highest BCUT2D eigenvalue weighted by Crippen LogP contribution is 2.39. The summed E-state index contributed by atoms with van der Waals surface area (Å²) in [5, 5.41) is 10.5. The maximum absolute atomic E-state index is 10.5. The monoisotopic (exact) mass is 275 g/mol. The number of nitrogens with zero attached hydrogens (tertiary/aromatic N) is 1. The Labute approximate surface area is 123 Å². The molecule has 2 unspecified atom stereocenters. The molecule has 1 aromatic rings. The first-order valence-corrected chi connectivity index (χ1v) is 7.80. The lowest BCUT2D eigenvalue weighted by atomic mass is 9.69. The SMILES string of the molecule is Cc1cccc(CN(C)CC2CCCC(C)(C)C2O)c1. The van der Waals surface area contributed by atoms with Crippen LogP contribution in [-0.4, -0.2) is 29.7 Å². The van der Waals surface area contributed by atoms with Crippen LogP contribution in [0.4, 0.5) is 0 Å². The van der Waals surface area contributed by atoms with Crippen molar-refractivity contribution in [3.05, 3.63) is 35.4 Å². The van der Waals surface area contributed by atoms with Gasteiger partial charge in [0.25, 0.3) is 0 Å². The second-order valence-electron chi connectivity index (χ2n) is 7.27. The van der Waals surface area contributed by atoms with Crippen molar-refractivity contribution in [2.45, 2.75) is 52.7 Å². The Morgan fingerprint density at radius 3 is 2.80 bits per heavy atom. The summed E-state index contributed by atoms with van der Waals surface area (Å²) in [6.07, 6.45) is 3.37. The van der Waals surface area contributed by atoms with Crippen LogP contribution < -0.4 is 0 Å². The van der Waals surface area contributed by atoms with Gasteiger partial charge in [0.05, 0.1) is 6.10 Å². The lowest BCUT2D eigenvalue weighted by Crippen LogP contribution is -2.44. The van der Waals surface area contributed by atoms with Gasteiger partial charge in [0.15, 0.2) is 0 Å². The minimum Gasteiger partial charge on any atom is -0.392 e. The van der Waals surface area contributed by atoms with E-state index in [1.165, 1.54) is 17.5 Å². The molecule has 1 saturated carbocycles. The van der Waals surface area contributed by atoms with E-state index in [4.69, 9.17) is 0 Å². The quantitative estimate of drug-likeness (QED) is 0.907. The summed E-state index contributed by atoms with van der Waals surface area (Å²) in [5.41, 5.74) is 2.75. The Morgan fingerprint density at radius 1 is 1.35 bits per heavy atom. The Hall–Kier alpha value is -0.860. The number of hydrogen-bond acceptors (Lipinski definition) is 2. The summed E-state index contributed by atoms with van der Waals surface area (Å²) >= 11 is 0. The molecule has 0 saturated heterocycles. The summed E-state index contributed by atoms with van der Waals surface area (Å²) < 4.78 is 0. The van der Waals surface area contributed by atoms with Crippen LogP contribution in [-0.2, 0) is 6.54 Å². The van der Waals surface area contributed by atoms with Crippen LogP contribution in [0.3, 0.4) is 0 Å². The highest BCUT2D eigenvalue weighted by atomic mass is 16.3. The molecule has 1 aliphatic carbocycles. The van der Waals surface area contributed by atoms with Crippen molar-refractivity contribution in [1.29, 1.82) is 0 Å². The third kappa shape index (κ3) is 3.83. The average molecular weight is 275 g/mol. The molecular formula is C18H29NO. The number of aliphatic hydroxyl groups is 1. The van der Waals surface area contributed by atoms with Gasteiger partial charge in [-0.15, -0.1) is 0 Å². The third-order valence-electron chi connectivity index (χ3n) is 4.72. The van der Waals surface area contributed by atoms with Gasteiger partial charge in [0.2, 0.25) is 0 Å². The third-order valence-corrected chi connectivity index (χ3v) is 4.72. The molecule has 0 aliphatic heterocycles. The van der Waals surface area contributed by atoms with E-state index in [-0.39, 0.29) is 11.5 Å². The Balaban J connectivity index is 1.92. The minimum atomic E-state index is -0.170. The first-order chi connectivity index (χ1) is 9.38. The van der Waals surface area contributed by atoms with Gasteiger partial charge in [0.1, 0.15) is 0 Å². The van der Waals surface area contributed by atoms with Crippen molar-refractivity contribution in [1.82, 2.24) is 4.90 Å². The second kappa shape index (κ2) is 6.28. The van der Waals surface area contributed by atoms with Gasteiger partial charge in [-0.05, 0) is 43.7 Å². The fourth-order valence-corrected chi connectivity index (χ4v) is 3.54. The summed E-state index contributed by atoms with van der Waals surface area (Å²) in [4.78, 5) is 2.35. The molecule has 112 valence electrons. The largest absolute Gasteiger partial charge is 0.392 e. The van der Waals surface area contributed by atoms with Crippen LogP contribution in [0, 0.1) is 18.3 Å². The van der Waals surface area contributed by atoms with Gasteiger partial charge in [-0.3, -0.25) is 0 Å². The van der Waals surface area contributed by atoms with Gasteiger partial charge in [-0.25, -0.2) is 0 Å². The maximum atomic E-state index is 10.5. The molecule has 0 radical (unpaired) electrons. The van der Waals surface area contributed by atoms with Crippen LogP contribution in [0.1, 0.15) is 44.2 Å². The molecule has 0 amide bonds. The van der Waals surface area contributed by atoms with E-state index in [1.807, 2.05) is 0 Å². The Morgan fingerprint density at radius 2 is 2.10 bits per heavy atom. The number of aliphatic hydroxyl groups excluding tert-OH is 1. The first-order valence-electron chi connectivity index (χ1n) is 7.80. The average Bonchev–Trinajstić information content (AvgIpc) is 2.35. The van der Waals surface area contributed by atoms with E-state index in [0.717, 1.165) is 25.9 Å². The molecule has 0 aromatic heterocycles. The molecule has 1 N–H and O–H groups in total. The smallest absolute Gasteiger partial charge is 0.0631 e. The van der Waals surface area contributed by atoms with Gasteiger partial charge in [-0.2, -0.15) is 0 Å². The van der Waals surface area contributed by atoms with Gasteiger partial charge in [0, 0.05) is 13.1 Å². The zero-order chi connectivity index (χ0) is 14.8. The number of rotatable bonds is 4. The molecule has 2 heteroatoms. The van der Waals surface area contributed by atoms with Crippen LogP contribution in [0.25, 0.3) is 0 Å². The summed E-state index contributed by atoms with van der Waals surface area (Å²) in [5.74, 6) is 0.411. The predicted octanol–water partition coefficient (Wildman–Crippen LogP) is 3.61. The van der Waals surface area contributed by atoms with Crippen LogP contribution in [0.5, 0.6) is 0 Å². The highest BCUT2D eigenvalue weighted by molar-refractivity contribution is 5.22. The molecule has 0 bridgehead atoms. The Kier molecular flexibility index (Phi) is 4.87. The molecule has 2 rings (SSSR count). The molecule has 1 aliphatic rings. The van der Waals surface area contributed by atoms with E-state index >= 15 is 0 Å². The summed E-state index contributed by atoms with van der Waals surface area (Å²) in [6, 6.07) is 8.69. The van der Waals surface area contributed by atoms with Crippen LogP contribution >= 0.6 is 0 Å². The lowest BCUT2D eigenvalue weighted by Gasteiger charge is -2.42. The molecule has 2 atom stereocenters. The number of benzene rings is 1. The zero-order valence-corrected chi connectivity index (χ0v) is 13.4. The van der Waals surface area contributed by atoms with Crippen molar-refractivity contribution >= 4 is 0 Å². The topological polar surface area (TPSA) is 23.5 Å². The molecule has 0 heterocycles. The predicted molar refractivity (Wildman–Crippen MR) is 84.6 cm³/mol. The van der Waals surface area contributed by atoms with Gasteiger partial charge >= 0.3 is 0 Å². The fraction of sp³-hybridized carbons (Fsp3) is 0.667. The normalized spacial score (nSPS) is 25.9.